The van der Waals surface area contributed by atoms with Gasteiger partial charge in [0.1, 0.15) is 5.25 Å². The third kappa shape index (κ3) is 3.82. The lowest BCUT2D eigenvalue weighted by atomic mass is 10.2. The molecule has 2 aromatic carbocycles. The van der Waals surface area contributed by atoms with E-state index < -0.39 is 30.0 Å². The highest BCUT2D eigenvalue weighted by atomic mass is 35.5. The molecule has 1 aliphatic heterocycles. The van der Waals surface area contributed by atoms with Crippen LogP contribution >= 0.6 is 11.6 Å². The summed E-state index contributed by atoms with van der Waals surface area (Å²) in [6.45, 7) is -0.108. The minimum atomic E-state index is -4.05. The number of hydrogen-bond donors (Lipinski definition) is 1. The summed E-state index contributed by atoms with van der Waals surface area (Å²) in [6.07, 6.45) is 1.43. The Kier molecular flexibility index (Phi) is 5.17. The van der Waals surface area contributed by atoms with E-state index in [0.717, 1.165) is 5.41 Å². The Morgan fingerprint density at radius 1 is 1.00 bits per heavy atom. The van der Waals surface area contributed by atoms with E-state index in [-0.39, 0.29) is 11.4 Å². The largest absolute Gasteiger partial charge is 0.307 e. The van der Waals surface area contributed by atoms with Crippen molar-refractivity contribution in [3.8, 4) is 0 Å². The molecule has 0 fully saturated rings. The molecule has 0 amide bonds. The Morgan fingerprint density at radius 3 is 2.31 bits per heavy atom. The summed E-state index contributed by atoms with van der Waals surface area (Å²) in [5.41, 5.74) is 3.18. The first kappa shape index (κ1) is 18.6. The number of nitrogens with zero attached hydrogens (tertiary/aromatic N) is 1. The highest BCUT2D eigenvalue weighted by Crippen LogP contribution is 2.23. The van der Waals surface area contributed by atoms with Crippen molar-refractivity contribution in [1.82, 2.24) is 5.43 Å². The topological polar surface area (TPSA) is 92.7 Å². The van der Waals surface area contributed by atoms with Gasteiger partial charge in [0, 0.05) is 10.4 Å². The van der Waals surface area contributed by atoms with Gasteiger partial charge in [0.05, 0.1) is 11.4 Å². The monoisotopic (exact) mass is 410 g/mol. The Labute approximate surface area is 157 Å². The zero-order valence-electron chi connectivity index (χ0n) is 13.4. The molecule has 9 heteroatoms. The molecule has 6 nitrogen and oxygen atoms in total. The van der Waals surface area contributed by atoms with Crippen LogP contribution in [0.2, 0.25) is 5.02 Å². The smallest absolute Gasteiger partial charge is 0.223 e. The minimum absolute atomic E-state index is 0.0587. The molecule has 1 atom stereocenters. The van der Waals surface area contributed by atoms with E-state index in [1.165, 1.54) is 30.3 Å². The first-order valence-electron chi connectivity index (χ1n) is 7.59. The summed E-state index contributed by atoms with van der Waals surface area (Å²) < 4.78 is 50.9. The number of nitrogens with one attached hydrogen (secondary N) is 1. The van der Waals surface area contributed by atoms with Crippen molar-refractivity contribution in [2.45, 2.75) is 10.1 Å². The van der Waals surface area contributed by atoms with Crippen molar-refractivity contribution in [1.29, 1.82) is 0 Å². The normalized spacial score (nSPS) is 17.9. The van der Waals surface area contributed by atoms with E-state index in [1.54, 1.807) is 24.3 Å². The van der Waals surface area contributed by atoms with Gasteiger partial charge in [-0.15, -0.1) is 0 Å². The third-order valence-electron chi connectivity index (χ3n) is 3.79. The van der Waals surface area contributed by atoms with Gasteiger partial charge in [-0.05, 0) is 35.9 Å². The fraction of sp³-hybridized carbons (Fsp3) is 0.118. The molecule has 1 unspecified atom stereocenters. The molecular weight excluding hydrogens is 396 g/mol. The molecule has 1 aliphatic rings. The predicted molar refractivity (Wildman–Crippen MR) is 102 cm³/mol. The second kappa shape index (κ2) is 7.22. The quantitative estimate of drug-likeness (QED) is 0.835. The van der Waals surface area contributed by atoms with Crippen molar-refractivity contribution in [3.05, 3.63) is 70.6 Å². The lowest BCUT2D eigenvalue weighted by Crippen LogP contribution is -2.34. The van der Waals surface area contributed by atoms with Crippen LogP contribution in [0.3, 0.4) is 0 Å². The molecule has 0 saturated carbocycles. The molecule has 0 saturated heterocycles. The van der Waals surface area contributed by atoms with Crippen LogP contribution in [0.25, 0.3) is 6.08 Å². The predicted octanol–water partition coefficient (Wildman–Crippen LogP) is 2.48. The van der Waals surface area contributed by atoms with Gasteiger partial charge in [0.15, 0.2) is 14.9 Å². The molecule has 3 rings (SSSR count). The molecule has 0 spiro atoms. The Hall–Kier alpha value is -2.16. The van der Waals surface area contributed by atoms with Gasteiger partial charge in [-0.2, -0.15) is 5.10 Å². The average molecular weight is 411 g/mol. The molecular formula is C17H15ClN2O4S2. The van der Waals surface area contributed by atoms with E-state index in [4.69, 9.17) is 11.6 Å². The first-order valence-corrected chi connectivity index (χ1v) is 11.1. The summed E-state index contributed by atoms with van der Waals surface area (Å²) in [6, 6.07) is 14.4. The number of halogens is 1. The number of hydrogen-bond acceptors (Lipinski definition) is 6. The summed E-state index contributed by atoms with van der Waals surface area (Å²) in [4.78, 5) is -0.0587. The third-order valence-corrected chi connectivity index (χ3v) is 7.71. The highest BCUT2D eigenvalue weighted by molar-refractivity contribution is 8.09. The van der Waals surface area contributed by atoms with Gasteiger partial charge in [-0.25, -0.2) is 16.8 Å². The zero-order valence-corrected chi connectivity index (χ0v) is 15.8. The summed E-state index contributed by atoms with van der Waals surface area (Å²) in [5, 5.41) is 3.43. The second-order valence-corrected chi connectivity index (χ2v) is 9.91. The molecule has 0 bridgehead atoms. The van der Waals surface area contributed by atoms with E-state index in [0.29, 0.717) is 10.6 Å². The van der Waals surface area contributed by atoms with E-state index in [1.807, 2.05) is 6.07 Å². The Morgan fingerprint density at radius 2 is 1.65 bits per heavy atom. The van der Waals surface area contributed by atoms with Crippen LogP contribution in [0.1, 0.15) is 5.56 Å². The van der Waals surface area contributed by atoms with Crippen molar-refractivity contribution < 1.29 is 16.8 Å². The first-order chi connectivity index (χ1) is 12.3. The van der Waals surface area contributed by atoms with Gasteiger partial charge in [0.25, 0.3) is 0 Å². The van der Waals surface area contributed by atoms with Crippen LogP contribution < -0.4 is 5.43 Å². The molecule has 136 valence electrons. The van der Waals surface area contributed by atoms with Crippen LogP contribution in [0.4, 0.5) is 0 Å². The maximum absolute atomic E-state index is 12.8. The van der Waals surface area contributed by atoms with Crippen molar-refractivity contribution in [2.24, 2.45) is 5.10 Å². The Bertz CT molecular complexity index is 1060. The van der Waals surface area contributed by atoms with Gasteiger partial charge < -0.3 is 5.43 Å². The Balaban J connectivity index is 1.92. The molecule has 0 radical (unpaired) electrons. The van der Waals surface area contributed by atoms with Gasteiger partial charge in [-0.1, -0.05) is 41.9 Å². The highest BCUT2D eigenvalue weighted by Gasteiger charge is 2.40. The molecule has 1 heterocycles. The SMILES string of the molecule is O=S(=O)(C1=NNCC1S(=O)(=O)/C=C/c1ccccc1)c1ccc(Cl)cc1. The van der Waals surface area contributed by atoms with Gasteiger partial charge in [-0.3, -0.25) is 0 Å². The van der Waals surface area contributed by atoms with Gasteiger partial charge >= 0.3 is 0 Å². The van der Waals surface area contributed by atoms with Gasteiger partial charge in [0.2, 0.25) is 9.84 Å². The van der Waals surface area contributed by atoms with Crippen LogP contribution in [-0.4, -0.2) is 33.7 Å². The summed E-state index contributed by atoms with van der Waals surface area (Å²) in [7, 11) is -7.94. The molecule has 2 aromatic rings. The standard InChI is InChI=1S/C17H15ClN2O4S2/c18-14-6-8-15(9-7-14)26(23,24)17-16(12-19-20-17)25(21,22)11-10-13-4-2-1-3-5-13/h1-11,16,19H,12H2/b11-10+. The van der Waals surface area contributed by atoms with Crippen LogP contribution in [-0.2, 0) is 19.7 Å². The van der Waals surface area contributed by atoms with E-state index in [9.17, 15) is 16.8 Å². The minimum Gasteiger partial charge on any atom is -0.307 e. The number of benzene rings is 2. The van der Waals surface area contributed by atoms with Crippen molar-refractivity contribution >= 4 is 42.4 Å². The number of hydrazone groups is 1. The van der Waals surface area contributed by atoms with Crippen LogP contribution in [0.15, 0.2) is 70.0 Å². The van der Waals surface area contributed by atoms with Crippen LogP contribution in [0.5, 0.6) is 0 Å². The molecule has 26 heavy (non-hydrogen) atoms. The van der Waals surface area contributed by atoms with Crippen molar-refractivity contribution in [3.63, 3.8) is 0 Å². The second-order valence-electron chi connectivity index (χ2n) is 5.56. The molecule has 0 aromatic heterocycles. The summed E-state index contributed by atoms with van der Waals surface area (Å²) >= 11 is 5.78. The number of rotatable bonds is 4. The number of sulfone groups is 2. The van der Waals surface area contributed by atoms with E-state index in [2.05, 4.69) is 10.5 Å². The van der Waals surface area contributed by atoms with Crippen molar-refractivity contribution in [2.75, 3.05) is 6.54 Å². The lowest BCUT2D eigenvalue weighted by molar-refractivity contribution is 0.595. The fourth-order valence-electron chi connectivity index (χ4n) is 2.42. The fourth-order valence-corrected chi connectivity index (χ4v) is 5.86. The maximum atomic E-state index is 12.8. The zero-order chi connectivity index (χ0) is 18.8. The maximum Gasteiger partial charge on any atom is 0.223 e. The lowest BCUT2D eigenvalue weighted by Gasteiger charge is -2.11. The molecule has 1 N–H and O–H groups in total. The molecule has 0 aliphatic carbocycles. The average Bonchev–Trinajstić information content (AvgIpc) is 3.13. The van der Waals surface area contributed by atoms with E-state index >= 15 is 0 Å². The van der Waals surface area contributed by atoms with Crippen LogP contribution in [0, 0.1) is 0 Å². The summed E-state index contributed by atoms with van der Waals surface area (Å²) in [5.74, 6) is 0.